The van der Waals surface area contributed by atoms with Crippen LogP contribution in [0.5, 0.6) is 0 Å². The van der Waals surface area contributed by atoms with Gasteiger partial charge in [0.1, 0.15) is 5.65 Å². The fourth-order valence-electron chi connectivity index (χ4n) is 8.61. The average Bonchev–Trinajstić information content (AvgIpc) is 3.69. The molecule has 0 N–H and O–H groups in total. The van der Waals surface area contributed by atoms with Crippen molar-refractivity contribution in [2.24, 2.45) is 0 Å². The molecule has 11 aromatic rings. The zero-order chi connectivity index (χ0) is 40.5. The van der Waals surface area contributed by atoms with E-state index in [0.717, 1.165) is 66.7 Å². The molecule has 61 heavy (non-hydrogen) atoms. The highest BCUT2D eigenvalue weighted by Crippen LogP contribution is 2.40. The van der Waals surface area contributed by atoms with Crippen molar-refractivity contribution in [2.45, 2.75) is 0 Å². The summed E-state index contributed by atoms with van der Waals surface area (Å²) < 4.78 is 2.28. The minimum absolute atomic E-state index is 0.677. The smallest absolute Gasteiger partial charge is 0.162 e. The molecular formula is C58H39N3. The van der Waals surface area contributed by atoms with Gasteiger partial charge in [-0.25, -0.2) is 9.97 Å². The van der Waals surface area contributed by atoms with Crippen LogP contribution in [0.2, 0.25) is 0 Å². The molecule has 0 atom stereocenters. The van der Waals surface area contributed by atoms with E-state index in [0.29, 0.717) is 5.82 Å². The van der Waals surface area contributed by atoms with Gasteiger partial charge in [-0.1, -0.05) is 188 Å². The summed E-state index contributed by atoms with van der Waals surface area (Å²) in [6.07, 6.45) is 0. The van der Waals surface area contributed by atoms with Crippen LogP contribution in [0.4, 0.5) is 0 Å². The van der Waals surface area contributed by atoms with Gasteiger partial charge in [0.15, 0.2) is 5.82 Å². The largest absolute Gasteiger partial charge is 0.294 e. The first-order valence-electron chi connectivity index (χ1n) is 20.7. The van der Waals surface area contributed by atoms with E-state index in [1.807, 2.05) is 0 Å². The zero-order valence-corrected chi connectivity index (χ0v) is 33.4. The number of aromatic nitrogens is 3. The molecule has 0 unspecified atom stereocenters. The number of hydrogen-bond donors (Lipinski definition) is 0. The second kappa shape index (κ2) is 15.6. The Morgan fingerprint density at radius 1 is 0.279 bits per heavy atom. The summed E-state index contributed by atoms with van der Waals surface area (Å²) in [6.45, 7) is 0. The van der Waals surface area contributed by atoms with Crippen LogP contribution in [0.15, 0.2) is 237 Å². The van der Waals surface area contributed by atoms with E-state index in [-0.39, 0.29) is 0 Å². The lowest BCUT2D eigenvalue weighted by atomic mass is 9.94. The van der Waals surface area contributed by atoms with Crippen LogP contribution in [0, 0.1) is 0 Å². The number of nitrogens with zero attached hydrogens (tertiary/aromatic N) is 3. The summed E-state index contributed by atoms with van der Waals surface area (Å²) in [7, 11) is 0. The number of benzene rings is 9. The van der Waals surface area contributed by atoms with Crippen LogP contribution in [0.3, 0.4) is 0 Å². The first-order chi connectivity index (χ1) is 30.2. The highest BCUT2D eigenvalue weighted by Gasteiger charge is 2.21. The molecule has 9 aromatic carbocycles. The van der Waals surface area contributed by atoms with Gasteiger partial charge < -0.3 is 0 Å². The fourth-order valence-corrected chi connectivity index (χ4v) is 8.61. The van der Waals surface area contributed by atoms with Gasteiger partial charge in [0.2, 0.25) is 0 Å². The second-order valence-corrected chi connectivity index (χ2v) is 15.4. The van der Waals surface area contributed by atoms with E-state index in [1.165, 1.54) is 33.4 Å². The summed E-state index contributed by atoms with van der Waals surface area (Å²) in [5, 5.41) is 2.15. The highest BCUT2D eigenvalue weighted by molar-refractivity contribution is 6.14. The number of hydrogen-bond acceptors (Lipinski definition) is 2. The zero-order valence-electron chi connectivity index (χ0n) is 33.4. The Hall–Kier alpha value is -8.14. The van der Waals surface area contributed by atoms with Crippen molar-refractivity contribution in [1.82, 2.24) is 14.5 Å². The van der Waals surface area contributed by atoms with Gasteiger partial charge in [-0.15, -0.1) is 0 Å². The van der Waals surface area contributed by atoms with E-state index >= 15 is 0 Å². The molecule has 0 aliphatic carbocycles. The molecule has 3 nitrogen and oxygen atoms in total. The highest BCUT2D eigenvalue weighted by atomic mass is 15.1. The third-order valence-electron chi connectivity index (χ3n) is 11.6. The standard InChI is InChI=1S/C58H39N3/c1-4-17-40(18-5-1)42-21-12-23-44(35-42)45-24-13-25-46(36-45)47-26-14-27-48(37-47)49-28-16-30-51(39-49)57-59-56(50-29-15-22-43(38-50)41-19-6-2-7-20-41)55-53-33-10-11-34-54(53)61(58(55)60-57)52-31-8-3-9-32-52/h1-39H. The van der Waals surface area contributed by atoms with E-state index in [2.05, 4.69) is 241 Å². The molecule has 286 valence electrons. The summed E-state index contributed by atoms with van der Waals surface area (Å²) in [6, 6.07) is 84.0. The Bertz CT molecular complexity index is 3350. The van der Waals surface area contributed by atoms with Gasteiger partial charge in [0.05, 0.1) is 16.6 Å². The minimum Gasteiger partial charge on any atom is -0.294 e. The van der Waals surface area contributed by atoms with Gasteiger partial charge in [0, 0.05) is 22.2 Å². The van der Waals surface area contributed by atoms with Crippen LogP contribution >= 0.6 is 0 Å². The predicted molar refractivity (Wildman–Crippen MR) is 254 cm³/mol. The Balaban J connectivity index is 1.02. The molecule has 3 heteroatoms. The Kier molecular flexibility index (Phi) is 9.18. The Labute approximate surface area is 355 Å². The number of fused-ring (bicyclic) bond motifs is 3. The molecule has 0 aliphatic rings. The third-order valence-corrected chi connectivity index (χ3v) is 11.6. The molecule has 0 radical (unpaired) electrons. The summed E-state index contributed by atoms with van der Waals surface area (Å²) >= 11 is 0. The van der Waals surface area contributed by atoms with E-state index in [4.69, 9.17) is 9.97 Å². The minimum atomic E-state index is 0.677. The van der Waals surface area contributed by atoms with Crippen molar-refractivity contribution < 1.29 is 0 Å². The lowest BCUT2D eigenvalue weighted by molar-refractivity contribution is 1.11. The molecule has 0 aliphatic heterocycles. The van der Waals surface area contributed by atoms with Crippen molar-refractivity contribution in [3.63, 3.8) is 0 Å². The van der Waals surface area contributed by atoms with Gasteiger partial charge in [-0.05, 0) is 104 Å². The lowest BCUT2D eigenvalue weighted by Crippen LogP contribution is -1.99. The molecule has 0 saturated carbocycles. The van der Waals surface area contributed by atoms with Gasteiger partial charge >= 0.3 is 0 Å². The number of para-hydroxylation sites is 2. The molecule has 2 aromatic heterocycles. The van der Waals surface area contributed by atoms with E-state index in [1.54, 1.807) is 0 Å². The lowest BCUT2D eigenvalue weighted by Gasteiger charge is -2.12. The van der Waals surface area contributed by atoms with Crippen molar-refractivity contribution in [3.8, 4) is 84.0 Å². The SMILES string of the molecule is c1ccc(-c2cccc(-c3cccc(-c4cccc(-c5cccc(-c6nc(-c7cccc(-c8ccccc8)c7)c7c8ccccc8n(-c8ccccc8)c7n6)c5)c4)c3)c2)cc1. The van der Waals surface area contributed by atoms with Crippen LogP contribution in [-0.4, -0.2) is 14.5 Å². The maximum absolute atomic E-state index is 5.47. The summed E-state index contributed by atoms with van der Waals surface area (Å²) in [5.41, 5.74) is 17.6. The second-order valence-electron chi connectivity index (χ2n) is 15.4. The summed E-state index contributed by atoms with van der Waals surface area (Å²) in [5.74, 6) is 0.677. The molecule has 0 fully saturated rings. The molecule has 0 bridgehead atoms. The van der Waals surface area contributed by atoms with Gasteiger partial charge in [-0.2, -0.15) is 0 Å². The van der Waals surface area contributed by atoms with Crippen molar-refractivity contribution >= 4 is 21.9 Å². The Morgan fingerprint density at radius 3 is 1.15 bits per heavy atom. The average molecular weight is 778 g/mol. The van der Waals surface area contributed by atoms with Crippen molar-refractivity contribution in [3.05, 3.63) is 237 Å². The molecule has 0 saturated heterocycles. The van der Waals surface area contributed by atoms with Crippen LogP contribution in [-0.2, 0) is 0 Å². The number of rotatable bonds is 8. The predicted octanol–water partition coefficient (Wildman–Crippen LogP) is 15.2. The maximum atomic E-state index is 5.47. The summed E-state index contributed by atoms with van der Waals surface area (Å²) in [4.78, 5) is 10.9. The first kappa shape index (κ1) is 36.0. The topological polar surface area (TPSA) is 30.7 Å². The van der Waals surface area contributed by atoms with E-state index < -0.39 is 0 Å². The monoisotopic (exact) mass is 777 g/mol. The molecular weight excluding hydrogens is 739 g/mol. The normalized spacial score (nSPS) is 11.3. The van der Waals surface area contributed by atoms with Crippen molar-refractivity contribution in [1.29, 1.82) is 0 Å². The molecule has 0 spiro atoms. The maximum Gasteiger partial charge on any atom is 0.162 e. The fraction of sp³-hybridized carbons (Fsp3) is 0. The van der Waals surface area contributed by atoms with Crippen molar-refractivity contribution in [2.75, 3.05) is 0 Å². The molecule has 11 rings (SSSR count). The van der Waals surface area contributed by atoms with Crippen LogP contribution < -0.4 is 0 Å². The molecule has 2 heterocycles. The Morgan fingerprint density at radius 2 is 0.639 bits per heavy atom. The third kappa shape index (κ3) is 6.88. The first-order valence-corrected chi connectivity index (χ1v) is 20.7. The van der Waals surface area contributed by atoms with E-state index in [9.17, 15) is 0 Å². The van der Waals surface area contributed by atoms with Crippen LogP contribution in [0.25, 0.3) is 106 Å². The quantitative estimate of drug-likeness (QED) is 0.154. The van der Waals surface area contributed by atoms with Gasteiger partial charge in [-0.3, -0.25) is 4.57 Å². The van der Waals surface area contributed by atoms with Crippen LogP contribution in [0.1, 0.15) is 0 Å². The van der Waals surface area contributed by atoms with Gasteiger partial charge in [0.25, 0.3) is 0 Å². The molecule has 0 amide bonds.